The summed E-state index contributed by atoms with van der Waals surface area (Å²) in [4.78, 5) is 52.3. The Labute approximate surface area is 143 Å². The van der Waals surface area contributed by atoms with E-state index in [0.717, 1.165) is 4.57 Å². The van der Waals surface area contributed by atoms with Crippen LogP contribution in [-0.4, -0.2) is 43.7 Å². The Balaban J connectivity index is 2.35. The van der Waals surface area contributed by atoms with Crippen molar-refractivity contribution in [3.05, 3.63) is 27.2 Å². The van der Waals surface area contributed by atoms with Crippen LogP contribution in [0.2, 0.25) is 0 Å². The fourth-order valence-electron chi connectivity index (χ4n) is 2.52. The lowest BCUT2D eigenvalue weighted by atomic mass is 10.0. The summed E-state index contributed by atoms with van der Waals surface area (Å²) >= 11 is 0. The van der Waals surface area contributed by atoms with E-state index in [1.54, 1.807) is 13.8 Å². The molecule has 1 N–H and O–H groups in total. The van der Waals surface area contributed by atoms with Gasteiger partial charge in [-0.25, -0.2) is 14.6 Å². The number of methoxy groups -OCH3 is 1. The number of aryl methyl sites for hydroxylation is 1. The van der Waals surface area contributed by atoms with Gasteiger partial charge in [0.05, 0.1) is 13.4 Å². The number of carbonyl (C=O) groups excluding carboxylic acids is 2. The molecule has 1 atom stereocenters. The summed E-state index contributed by atoms with van der Waals surface area (Å²) in [6.07, 6.45) is 1.31. The Kier molecular flexibility index (Phi) is 5.10. The molecule has 0 fully saturated rings. The molecule has 10 heteroatoms. The summed E-state index contributed by atoms with van der Waals surface area (Å²) in [7, 11) is 4.10. The van der Waals surface area contributed by atoms with Crippen LogP contribution in [0.3, 0.4) is 0 Å². The number of nitrogens with one attached hydrogen (secondary N) is 1. The number of nitrogens with zero attached hydrogens (tertiary/aromatic N) is 4. The van der Waals surface area contributed by atoms with Gasteiger partial charge >= 0.3 is 11.7 Å². The summed E-state index contributed by atoms with van der Waals surface area (Å²) < 4.78 is 8.21. The molecule has 0 radical (unpaired) electrons. The maximum atomic E-state index is 12.3. The summed E-state index contributed by atoms with van der Waals surface area (Å²) in [5.74, 6) is -1.18. The zero-order chi connectivity index (χ0) is 18.9. The van der Waals surface area contributed by atoms with E-state index in [-0.39, 0.29) is 23.6 Å². The SMILES string of the molecule is COC(=O)C(NC(=O)Cn1cnc2c1c(=O)n(C)c(=O)n2C)C(C)C. The Morgan fingerprint density at radius 3 is 2.44 bits per heavy atom. The molecule has 0 aliphatic rings. The Morgan fingerprint density at radius 2 is 1.88 bits per heavy atom. The van der Waals surface area contributed by atoms with Crippen LogP contribution < -0.4 is 16.6 Å². The molecule has 2 aromatic rings. The molecular weight excluding hydrogens is 330 g/mol. The third-order valence-electron chi connectivity index (χ3n) is 3.97. The number of aromatic nitrogens is 4. The molecule has 0 spiro atoms. The van der Waals surface area contributed by atoms with Gasteiger partial charge in [-0.15, -0.1) is 0 Å². The van der Waals surface area contributed by atoms with Gasteiger partial charge in [-0.3, -0.25) is 18.7 Å². The predicted octanol–water partition coefficient (Wildman–Crippen LogP) is -1.25. The summed E-state index contributed by atoms with van der Waals surface area (Å²) in [6.45, 7) is 3.34. The zero-order valence-corrected chi connectivity index (χ0v) is 14.8. The van der Waals surface area contributed by atoms with Crippen LogP contribution in [0.4, 0.5) is 0 Å². The molecule has 0 saturated carbocycles. The van der Waals surface area contributed by atoms with Crippen molar-refractivity contribution in [2.75, 3.05) is 7.11 Å². The van der Waals surface area contributed by atoms with E-state index in [2.05, 4.69) is 15.0 Å². The molecule has 2 heterocycles. The molecule has 10 nitrogen and oxygen atoms in total. The van der Waals surface area contributed by atoms with Crippen LogP contribution in [0.25, 0.3) is 11.2 Å². The predicted molar refractivity (Wildman–Crippen MR) is 89.0 cm³/mol. The molecule has 0 aliphatic heterocycles. The van der Waals surface area contributed by atoms with Crippen molar-refractivity contribution in [3.8, 4) is 0 Å². The van der Waals surface area contributed by atoms with Crippen molar-refractivity contribution in [2.24, 2.45) is 20.0 Å². The maximum Gasteiger partial charge on any atom is 0.332 e. The van der Waals surface area contributed by atoms with E-state index in [1.807, 2.05) is 0 Å². The molecule has 1 unspecified atom stereocenters. The van der Waals surface area contributed by atoms with Crippen molar-refractivity contribution in [3.63, 3.8) is 0 Å². The Hall–Kier alpha value is -2.91. The molecule has 25 heavy (non-hydrogen) atoms. The van der Waals surface area contributed by atoms with Crippen molar-refractivity contribution < 1.29 is 14.3 Å². The van der Waals surface area contributed by atoms with Gasteiger partial charge in [0, 0.05) is 14.1 Å². The number of fused-ring (bicyclic) bond motifs is 1. The molecule has 1 amide bonds. The van der Waals surface area contributed by atoms with Gasteiger partial charge in [0.2, 0.25) is 5.91 Å². The molecule has 0 bridgehead atoms. The first kappa shape index (κ1) is 18.4. The standard InChI is InChI=1S/C15H21N5O5/c1-8(2)10(14(23)25-5)17-9(21)6-20-7-16-12-11(20)13(22)19(4)15(24)18(12)3/h7-8,10H,6H2,1-5H3,(H,17,21). The number of hydrogen-bond acceptors (Lipinski definition) is 6. The van der Waals surface area contributed by atoms with E-state index in [0.29, 0.717) is 0 Å². The number of hydrogen-bond donors (Lipinski definition) is 1. The second kappa shape index (κ2) is 6.91. The minimum atomic E-state index is -0.792. The summed E-state index contributed by atoms with van der Waals surface area (Å²) in [6, 6.07) is -0.792. The second-order valence-corrected chi connectivity index (χ2v) is 6.06. The van der Waals surface area contributed by atoms with Crippen LogP contribution in [-0.2, 0) is 35.0 Å². The molecule has 136 valence electrons. The number of ether oxygens (including phenoxy) is 1. The average molecular weight is 351 g/mol. The van der Waals surface area contributed by atoms with Gasteiger partial charge in [-0.05, 0) is 5.92 Å². The van der Waals surface area contributed by atoms with Crippen molar-refractivity contribution in [2.45, 2.75) is 26.4 Å². The lowest BCUT2D eigenvalue weighted by molar-refractivity contribution is -0.146. The van der Waals surface area contributed by atoms with Crippen LogP contribution in [0.15, 0.2) is 15.9 Å². The van der Waals surface area contributed by atoms with Gasteiger partial charge in [0.1, 0.15) is 12.6 Å². The van der Waals surface area contributed by atoms with Crippen molar-refractivity contribution >= 4 is 23.0 Å². The molecule has 0 saturated heterocycles. The van der Waals surface area contributed by atoms with Gasteiger partial charge in [0.25, 0.3) is 5.56 Å². The zero-order valence-electron chi connectivity index (χ0n) is 14.8. The van der Waals surface area contributed by atoms with E-state index < -0.39 is 29.2 Å². The van der Waals surface area contributed by atoms with Gasteiger partial charge < -0.3 is 14.6 Å². The highest BCUT2D eigenvalue weighted by Gasteiger charge is 2.25. The van der Waals surface area contributed by atoms with Crippen LogP contribution in [0.1, 0.15) is 13.8 Å². The monoisotopic (exact) mass is 351 g/mol. The minimum Gasteiger partial charge on any atom is -0.467 e. The Bertz CT molecular complexity index is 936. The smallest absolute Gasteiger partial charge is 0.332 e. The van der Waals surface area contributed by atoms with E-state index in [9.17, 15) is 19.2 Å². The van der Waals surface area contributed by atoms with E-state index in [1.165, 1.54) is 36.7 Å². The molecule has 0 aromatic carbocycles. The fourth-order valence-corrected chi connectivity index (χ4v) is 2.52. The highest BCUT2D eigenvalue weighted by atomic mass is 16.5. The van der Waals surface area contributed by atoms with Gasteiger partial charge in [0.15, 0.2) is 11.2 Å². The van der Waals surface area contributed by atoms with Crippen LogP contribution in [0.5, 0.6) is 0 Å². The average Bonchev–Trinajstić information content (AvgIpc) is 2.98. The van der Waals surface area contributed by atoms with Gasteiger partial charge in [-0.2, -0.15) is 0 Å². The van der Waals surface area contributed by atoms with Crippen LogP contribution >= 0.6 is 0 Å². The number of rotatable bonds is 5. The first-order chi connectivity index (χ1) is 11.7. The molecule has 2 rings (SSSR count). The normalized spacial score (nSPS) is 12.4. The number of esters is 1. The minimum absolute atomic E-state index is 0.138. The largest absolute Gasteiger partial charge is 0.467 e. The summed E-state index contributed by atoms with van der Waals surface area (Å²) in [5, 5.41) is 2.59. The van der Waals surface area contributed by atoms with E-state index in [4.69, 9.17) is 0 Å². The molecule has 0 aliphatic carbocycles. The number of imidazole rings is 1. The quantitative estimate of drug-likeness (QED) is 0.673. The number of amides is 1. The highest BCUT2D eigenvalue weighted by molar-refractivity contribution is 5.85. The lowest BCUT2D eigenvalue weighted by Crippen LogP contribution is -2.46. The Morgan fingerprint density at radius 1 is 1.24 bits per heavy atom. The fraction of sp³-hybridized carbons (Fsp3) is 0.533. The van der Waals surface area contributed by atoms with Crippen LogP contribution in [0, 0.1) is 5.92 Å². The molecular formula is C15H21N5O5. The topological polar surface area (TPSA) is 117 Å². The summed E-state index contributed by atoms with van der Waals surface area (Å²) in [5.41, 5.74) is -0.720. The van der Waals surface area contributed by atoms with Gasteiger partial charge in [-0.1, -0.05) is 13.8 Å². The lowest BCUT2D eigenvalue weighted by Gasteiger charge is -2.19. The third-order valence-corrected chi connectivity index (χ3v) is 3.97. The van der Waals surface area contributed by atoms with Crippen molar-refractivity contribution in [1.82, 2.24) is 24.0 Å². The van der Waals surface area contributed by atoms with E-state index >= 15 is 0 Å². The first-order valence-corrected chi connectivity index (χ1v) is 7.67. The third kappa shape index (κ3) is 3.32. The second-order valence-electron chi connectivity index (χ2n) is 6.06. The maximum absolute atomic E-state index is 12.3. The number of carbonyl (C=O) groups is 2. The first-order valence-electron chi connectivity index (χ1n) is 7.67. The van der Waals surface area contributed by atoms with Crippen molar-refractivity contribution in [1.29, 1.82) is 0 Å². The molecule has 2 aromatic heterocycles. The highest BCUT2D eigenvalue weighted by Crippen LogP contribution is 2.07.